The quantitative estimate of drug-likeness (QED) is 0.811. The molecule has 0 spiro atoms. The summed E-state index contributed by atoms with van der Waals surface area (Å²) in [4.78, 5) is 0. The Morgan fingerprint density at radius 3 is 2.95 bits per heavy atom. The standard InChI is InChI=1S/C16H21N3O2/c1-20-11-10-19-13-15(12-18-19)17-9-5-7-14-6-3-4-8-16(14)21-2/h3-8,12-13,17H,9-11H2,1-2H3/b7-5+. The molecule has 1 N–H and O–H groups in total. The lowest BCUT2D eigenvalue weighted by atomic mass is 10.2. The van der Waals surface area contributed by atoms with Crippen molar-refractivity contribution in [1.82, 2.24) is 9.78 Å². The Balaban J connectivity index is 1.83. The van der Waals surface area contributed by atoms with Crippen molar-refractivity contribution < 1.29 is 9.47 Å². The molecule has 2 rings (SSSR count). The van der Waals surface area contributed by atoms with Crippen molar-refractivity contribution in [3.8, 4) is 5.75 Å². The highest BCUT2D eigenvalue weighted by atomic mass is 16.5. The molecule has 0 amide bonds. The summed E-state index contributed by atoms with van der Waals surface area (Å²) >= 11 is 0. The van der Waals surface area contributed by atoms with E-state index in [1.165, 1.54) is 0 Å². The van der Waals surface area contributed by atoms with E-state index in [1.807, 2.05) is 47.4 Å². The fourth-order valence-electron chi connectivity index (χ4n) is 1.93. The monoisotopic (exact) mass is 287 g/mol. The second kappa shape index (κ2) is 8.11. The third-order valence-corrected chi connectivity index (χ3v) is 3.02. The lowest BCUT2D eigenvalue weighted by molar-refractivity contribution is 0.183. The highest BCUT2D eigenvalue weighted by Crippen LogP contribution is 2.18. The van der Waals surface area contributed by atoms with E-state index in [-0.39, 0.29) is 0 Å². The Hall–Kier alpha value is -2.27. The molecule has 0 fully saturated rings. The molecule has 0 saturated heterocycles. The van der Waals surface area contributed by atoms with Crippen LogP contribution in [-0.4, -0.2) is 37.2 Å². The van der Waals surface area contributed by atoms with Crippen LogP contribution in [0.4, 0.5) is 5.69 Å². The molecule has 0 bridgehead atoms. The van der Waals surface area contributed by atoms with Gasteiger partial charge in [-0.1, -0.05) is 30.4 Å². The molecule has 0 saturated carbocycles. The molecule has 0 aliphatic heterocycles. The van der Waals surface area contributed by atoms with Gasteiger partial charge in [0.2, 0.25) is 0 Å². The molecule has 0 aliphatic carbocycles. The number of aromatic nitrogens is 2. The molecular formula is C16H21N3O2. The lowest BCUT2D eigenvalue weighted by Gasteiger charge is -2.03. The molecule has 112 valence electrons. The fraction of sp³-hybridized carbons (Fsp3) is 0.312. The van der Waals surface area contributed by atoms with Crippen LogP contribution in [0.3, 0.4) is 0 Å². The highest BCUT2D eigenvalue weighted by molar-refractivity contribution is 5.57. The van der Waals surface area contributed by atoms with Gasteiger partial charge in [-0.05, 0) is 6.07 Å². The maximum Gasteiger partial charge on any atom is 0.126 e. The van der Waals surface area contributed by atoms with Crippen LogP contribution in [-0.2, 0) is 11.3 Å². The normalized spacial score (nSPS) is 11.0. The summed E-state index contributed by atoms with van der Waals surface area (Å²) < 4.78 is 12.2. The number of methoxy groups -OCH3 is 2. The van der Waals surface area contributed by atoms with Crippen LogP contribution in [0.25, 0.3) is 6.08 Å². The Labute approximate surface area is 125 Å². The van der Waals surface area contributed by atoms with E-state index in [0.29, 0.717) is 6.61 Å². The summed E-state index contributed by atoms with van der Waals surface area (Å²) in [6, 6.07) is 7.93. The zero-order valence-electron chi connectivity index (χ0n) is 12.5. The zero-order valence-corrected chi connectivity index (χ0v) is 12.5. The van der Waals surface area contributed by atoms with Gasteiger partial charge in [-0.25, -0.2) is 0 Å². The smallest absolute Gasteiger partial charge is 0.126 e. The maximum atomic E-state index is 5.30. The van der Waals surface area contributed by atoms with Crippen molar-refractivity contribution in [3.05, 3.63) is 48.3 Å². The van der Waals surface area contributed by atoms with Gasteiger partial charge in [0.25, 0.3) is 0 Å². The number of nitrogens with zero attached hydrogens (tertiary/aromatic N) is 2. The number of nitrogens with one attached hydrogen (secondary N) is 1. The first-order valence-corrected chi connectivity index (χ1v) is 6.88. The number of anilines is 1. The van der Waals surface area contributed by atoms with Gasteiger partial charge in [0, 0.05) is 25.4 Å². The van der Waals surface area contributed by atoms with Crippen molar-refractivity contribution in [2.75, 3.05) is 32.7 Å². The molecular weight excluding hydrogens is 266 g/mol. The molecule has 0 atom stereocenters. The first-order valence-electron chi connectivity index (χ1n) is 6.88. The molecule has 1 aromatic carbocycles. The number of ether oxygens (including phenoxy) is 2. The summed E-state index contributed by atoms with van der Waals surface area (Å²) in [5.74, 6) is 0.876. The van der Waals surface area contributed by atoms with Gasteiger partial charge in [0.15, 0.2) is 0 Å². The van der Waals surface area contributed by atoms with E-state index in [4.69, 9.17) is 9.47 Å². The summed E-state index contributed by atoms with van der Waals surface area (Å²) in [6.45, 7) is 2.15. The lowest BCUT2D eigenvalue weighted by Crippen LogP contribution is -2.04. The van der Waals surface area contributed by atoms with Crippen LogP contribution >= 0.6 is 0 Å². The first-order chi connectivity index (χ1) is 10.3. The van der Waals surface area contributed by atoms with E-state index in [9.17, 15) is 0 Å². The van der Waals surface area contributed by atoms with Crippen molar-refractivity contribution in [2.45, 2.75) is 6.54 Å². The summed E-state index contributed by atoms with van der Waals surface area (Å²) in [5.41, 5.74) is 2.06. The molecule has 2 aromatic rings. The molecule has 0 unspecified atom stereocenters. The topological polar surface area (TPSA) is 48.3 Å². The van der Waals surface area contributed by atoms with Crippen LogP contribution in [0, 0.1) is 0 Å². The number of para-hydroxylation sites is 1. The van der Waals surface area contributed by atoms with Gasteiger partial charge < -0.3 is 14.8 Å². The van der Waals surface area contributed by atoms with E-state index in [2.05, 4.69) is 16.5 Å². The molecule has 0 aliphatic rings. The van der Waals surface area contributed by atoms with E-state index in [0.717, 1.165) is 30.1 Å². The minimum absolute atomic E-state index is 0.662. The first kappa shape index (κ1) is 15.1. The SMILES string of the molecule is COCCn1cc(NC/C=C/c2ccccc2OC)cn1. The zero-order chi connectivity index (χ0) is 14.9. The number of benzene rings is 1. The predicted octanol–water partition coefficient (Wildman–Crippen LogP) is 2.66. The summed E-state index contributed by atoms with van der Waals surface area (Å²) in [6.07, 6.45) is 7.88. The Morgan fingerprint density at radius 1 is 1.29 bits per heavy atom. The van der Waals surface area contributed by atoms with Crippen molar-refractivity contribution in [3.63, 3.8) is 0 Å². The minimum Gasteiger partial charge on any atom is -0.496 e. The Bertz CT molecular complexity index is 578. The van der Waals surface area contributed by atoms with Gasteiger partial charge in [-0.2, -0.15) is 5.10 Å². The second-order valence-electron chi connectivity index (χ2n) is 4.51. The fourth-order valence-corrected chi connectivity index (χ4v) is 1.93. The van der Waals surface area contributed by atoms with E-state index < -0.39 is 0 Å². The summed E-state index contributed by atoms with van der Waals surface area (Å²) in [7, 11) is 3.37. The van der Waals surface area contributed by atoms with Crippen LogP contribution in [0.15, 0.2) is 42.7 Å². The van der Waals surface area contributed by atoms with Crippen LogP contribution in [0.2, 0.25) is 0 Å². The highest BCUT2D eigenvalue weighted by Gasteiger charge is 1.98. The molecule has 5 nitrogen and oxygen atoms in total. The largest absolute Gasteiger partial charge is 0.496 e. The van der Waals surface area contributed by atoms with Crippen LogP contribution in [0.5, 0.6) is 5.75 Å². The molecule has 21 heavy (non-hydrogen) atoms. The van der Waals surface area contributed by atoms with Gasteiger partial charge in [-0.15, -0.1) is 0 Å². The molecule has 5 heteroatoms. The maximum absolute atomic E-state index is 5.30. The van der Waals surface area contributed by atoms with Gasteiger partial charge >= 0.3 is 0 Å². The number of hydrogen-bond acceptors (Lipinski definition) is 4. The molecule has 1 heterocycles. The number of rotatable bonds is 8. The van der Waals surface area contributed by atoms with Crippen molar-refractivity contribution in [1.29, 1.82) is 0 Å². The molecule has 1 aromatic heterocycles. The van der Waals surface area contributed by atoms with E-state index in [1.54, 1.807) is 14.2 Å². The third-order valence-electron chi connectivity index (χ3n) is 3.02. The average Bonchev–Trinajstić information content (AvgIpc) is 2.97. The third kappa shape index (κ3) is 4.65. The van der Waals surface area contributed by atoms with Crippen LogP contribution < -0.4 is 10.1 Å². The van der Waals surface area contributed by atoms with E-state index >= 15 is 0 Å². The number of hydrogen-bond donors (Lipinski definition) is 1. The van der Waals surface area contributed by atoms with Crippen molar-refractivity contribution in [2.24, 2.45) is 0 Å². The summed E-state index contributed by atoms with van der Waals surface area (Å²) in [5, 5.41) is 7.55. The Morgan fingerprint density at radius 2 is 2.14 bits per heavy atom. The average molecular weight is 287 g/mol. The van der Waals surface area contributed by atoms with Crippen molar-refractivity contribution >= 4 is 11.8 Å². The minimum atomic E-state index is 0.662. The second-order valence-corrected chi connectivity index (χ2v) is 4.51. The predicted molar refractivity (Wildman–Crippen MR) is 84.6 cm³/mol. The van der Waals surface area contributed by atoms with Gasteiger partial charge in [0.05, 0.1) is 32.1 Å². The molecule has 0 radical (unpaired) electrons. The van der Waals surface area contributed by atoms with Gasteiger partial charge in [-0.3, -0.25) is 4.68 Å². The van der Waals surface area contributed by atoms with Gasteiger partial charge in [0.1, 0.15) is 5.75 Å². The van der Waals surface area contributed by atoms with Crippen LogP contribution in [0.1, 0.15) is 5.56 Å². The Kier molecular flexibility index (Phi) is 5.84.